The normalized spacial score (nSPS) is 28.7. The topological polar surface area (TPSA) is 53.9 Å². The summed E-state index contributed by atoms with van der Waals surface area (Å²) in [5.41, 5.74) is 1.75. The van der Waals surface area contributed by atoms with Gasteiger partial charge >= 0.3 is 0 Å². The van der Waals surface area contributed by atoms with Gasteiger partial charge in [0.15, 0.2) is 6.54 Å². The number of nitrogens with one attached hydrogen (secondary N) is 2. The van der Waals surface area contributed by atoms with Crippen molar-refractivity contribution in [3.8, 4) is 0 Å². The molecule has 5 heteroatoms. The summed E-state index contributed by atoms with van der Waals surface area (Å²) in [5.74, 6) is 1.13. The smallest absolute Gasteiger partial charge is 0.279 e. The Bertz CT molecular complexity index is 656. The number of benzene rings is 1. The second kappa shape index (κ2) is 7.78. The Morgan fingerprint density at radius 1 is 1.08 bits per heavy atom. The SMILES string of the molecule is O=C(C[NH+]1CCC[C@H]2CCCC[C@@H]21)Nc1ccc(N2CCCC2=O)cc1. The van der Waals surface area contributed by atoms with Crippen LogP contribution in [0.15, 0.2) is 24.3 Å². The minimum Gasteiger partial charge on any atom is -0.324 e. The van der Waals surface area contributed by atoms with Crippen LogP contribution < -0.4 is 15.1 Å². The van der Waals surface area contributed by atoms with Crippen molar-refractivity contribution in [2.24, 2.45) is 5.92 Å². The standard InChI is InChI=1S/C21H29N3O2/c25-20(15-23-13-3-6-16-5-1-2-7-19(16)23)22-17-9-11-18(12-10-17)24-14-4-8-21(24)26/h9-12,16,19H,1-8,13-15H2,(H,22,25)/p+1/t16-,19+/m1/s1. The van der Waals surface area contributed by atoms with Crippen LogP contribution in [0.4, 0.5) is 11.4 Å². The zero-order valence-electron chi connectivity index (χ0n) is 15.5. The van der Waals surface area contributed by atoms with Gasteiger partial charge < -0.3 is 15.1 Å². The summed E-state index contributed by atoms with van der Waals surface area (Å²) in [7, 11) is 0. The van der Waals surface area contributed by atoms with Gasteiger partial charge in [-0.15, -0.1) is 0 Å². The van der Waals surface area contributed by atoms with Gasteiger partial charge in [0.1, 0.15) is 0 Å². The molecule has 140 valence electrons. The van der Waals surface area contributed by atoms with Gasteiger partial charge in [-0.1, -0.05) is 6.42 Å². The molecule has 3 fully saturated rings. The maximum atomic E-state index is 12.6. The highest BCUT2D eigenvalue weighted by molar-refractivity contribution is 5.96. The molecule has 1 saturated carbocycles. The van der Waals surface area contributed by atoms with Crippen molar-refractivity contribution >= 4 is 23.2 Å². The molecule has 2 aliphatic heterocycles. The van der Waals surface area contributed by atoms with Crippen LogP contribution in [0.2, 0.25) is 0 Å². The van der Waals surface area contributed by atoms with Gasteiger partial charge in [-0.3, -0.25) is 9.59 Å². The number of amides is 2. The van der Waals surface area contributed by atoms with Crippen molar-refractivity contribution in [2.45, 2.75) is 57.4 Å². The molecular formula is C21H30N3O2+. The first-order valence-electron chi connectivity index (χ1n) is 10.3. The van der Waals surface area contributed by atoms with Crippen molar-refractivity contribution < 1.29 is 14.5 Å². The number of carbonyl (C=O) groups is 2. The Balaban J connectivity index is 1.33. The molecule has 4 rings (SSSR count). The predicted molar refractivity (Wildman–Crippen MR) is 102 cm³/mol. The Labute approximate surface area is 155 Å². The molecule has 1 unspecified atom stereocenters. The van der Waals surface area contributed by atoms with E-state index in [1.54, 1.807) is 0 Å². The second-order valence-electron chi connectivity index (χ2n) is 8.12. The number of hydrogen-bond acceptors (Lipinski definition) is 2. The molecule has 3 aliphatic rings. The summed E-state index contributed by atoms with van der Waals surface area (Å²) in [5, 5.41) is 3.05. The van der Waals surface area contributed by atoms with E-state index >= 15 is 0 Å². The van der Waals surface area contributed by atoms with Crippen molar-refractivity contribution in [1.82, 2.24) is 0 Å². The fourth-order valence-electron chi connectivity index (χ4n) is 5.14. The van der Waals surface area contributed by atoms with Crippen molar-refractivity contribution in [3.63, 3.8) is 0 Å². The summed E-state index contributed by atoms with van der Waals surface area (Å²) in [6, 6.07) is 8.38. The number of nitrogens with zero attached hydrogens (tertiary/aromatic N) is 1. The van der Waals surface area contributed by atoms with E-state index in [0.29, 0.717) is 19.0 Å². The van der Waals surface area contributed by atoms with Gasteiger partial charge in [-0.25, -0.2) is 0 Å². The minimum atomic E-state index is 0.108. The molecule has 2 amide bonds. The molecule has 26 heavy (non-hydrogen) atoms. The Hall–Kier alpha value is -1.88. The second-order valence-corrected chi connectivity index (χ2v) is 8.12. The highest BCUT2D eigenvalue weighted by Crippen LogP contribution is 2.28. The minimum absolute atomic E-state index is 0.108. The third kappa shape index (κ3) is 3.78. The molecule has 0 spiro atoms. The zero-order valence-corrected chi connectivity index (χ0v) is 15.5. The molecule has 0 bridgehead atoms. The van der Waals surface area contributed by atoms with Crippen LogP contribution in [0.3, 0.4) is 0 Å². The lowest BCUT2D eigenvalue weighted by Crippen LogP contribution is -3.18. The molecule has 1 aromatic carbocycles. The van der Waals surface area contributed by atoms with Crippen LogP contribution in [0.1, 0.15) is 51.4 Å². The lowest BCUT2D eigenvalue weighted by atomic mass is 9.78. The maximum Gasteiger partial charge on any atom is 0.279 e. The molecule has 1 aromatic rings. The third-order valence-corrected chi connectivity index (χ3v) is 6.43. The van der Waals surface area contributed by atoms with Gasteiger partial charge in [0.05, 0.1) is 12.6 Å². The van der Waals surface area contributed by atoms with Crippen molar-refractivity contribution in [1.29, 1.82) is 0 Å². The molecule has 2 saturated heterocycles. The Morgan fingerprint density at radius 2 is 1.85 bits per heavy atom. The number of fused-ring (bicyclic) bond motifs is 1. The van der Waals surface area contributed by atoms with Gasteiger partial charge in [-0.2, -0.15) is 0 Å². The van der Waals surface area contributed by atoms with E-state index in [1.807, 2.05) is 29.2 Å². The molecule has 5 nitrogen and oxygen atoms in total. The molecule has 3 atom stereocenters. The predicted octanol–water partition coefficient (Wildman–Crippen LogP) is 1.99. The fourth-order valence-corrected chi connectivity index (χ4v) is 5.14. The fraction of sp³-hybridized carbons (Fsp3) is 0.619. The summed E-state index contributed by atoms with van der Waals surface area (Å²) >= 11 is 0. The van der Waals surface area contributed by atoms with Crippen molar-refractivity contribution in [2.75, 3.05) is 29.9 Å². The summed E-state index contributed by atoms with van der Waals surface area (Å²) in [4.78, 5) is 27.7. The van der Waals surface area contributed by atoms with E-state index < -0.39 is 0 Å². The van der Waals surface area contributed by atoms with Gasteiger partial charge in [0, 0.05) is 30.3 Å². The van der Waals surface area contributed by atoms with Crippen LogP contribution >= 0.6 is 0 Å². The van der Waals surface area contributed by atoms with Crippen LogP contribution in [-0.4, -0.2) is 37.5 Å². The van der Waals surface area contributed by atoms with Crippen LogP contribution in [0, 0.1) is 5.92 Å². The highest BCUT2D eigenvalue weighted by atomic mass is 16.2. The lowest BCUT2D eigenvalue weighted by molar-refractivity contribution is -0.928. The van der Waals surface area contributed by atoms with Gasteiger partial charge in [-0.05, 0) is 62.8 Å². The van der Waals surface area contributed by atoms with E-state index in [0.717, 1.165) is 36.8 Å². The molecule has 2 N–H and O–H groups in total. The van der Waals surface area contributed by atoms with Gasteiger partial charge in [0.25, 0.3) is 5.91 Å². The molecule has 0 radical (unpaired) electrons. The first-order chi connectivity index (χ1) is 12.7. The van der Waals surface area contributed by atoms with E-state index in [4.69, 9.17) is 0 Å². The number of hydrogen-bond donors (Lipinski definition) is 2. The van der Waals surface area contributed by atoms with Gasteiger partial charge in [0.2, 0.25) is 5.91 Å². The van der Waals surface area contributed by atoms with Crippen LogP contribution in [0.25, 0.3) is 0 Å². The number of piperidine rings is 1. The van der Waals surface area contributed by atoms with E-state index in [2.05, 4.69) is 5.32 Å². The molecular weight excluding hydrogens is 326 g/mol. The lowest BCUT2D eigenvalue weighted by Gasteiger charge is -2.40. The number of quaternary nitrogens is 1. The summed E-state index contributed by atoms with van der Waals surface area (Å²) in [6.45, 7) is 2.50. The highest BCUT2D eigenvalue weighted by Gasteiger charge is 2.37. The van der Waals surface area contributed by atoms with Crippen molar-refractivity contribution in [3.05, 3.63) is 24.3 Å². The number of carbonyl (C=O) groups excluding carboxylic acids is 2. The Kier molecular flexibility index (Phi) is 5.25. The first-order valence-corrected chi connectivity index (χ1v) is 10.3. The van der Waals surface area contributed by atoms with E-state index in [-0.39, 0.29) is 11.8 Å². The first kappa shape index (κ1) is 17.5. The molecule has 0 aromatic heterocycles. The maximum absolute atomic E-state index is 12.6. The number of likely N-dealkylation sites (tertiary alicyclic amines) is 1. The molecule has 1 aliphatic carbocycles. The monoisotopic (exact) mass is 356 g/mol. The largest absolute Gasteiger partial charge is 0.324 e. The van der Waals surface area contributed by atoms with E-state index in [1.165, 1.54) is 43.4 Å². The third-order valence-electron chi connectivity index (χ3n) is 6.43. The van der Waals surface area contributed by atoms with Crippen LogP contribution in [0.5, 0.6) is 0 Å². The summed E-state index contributed by atoms with van der Waals surface area (Å²) < 4.78 is 0. The average Bonchev–Trinajstić information content (AvgIpc) is 3.09. The molecule has 2 heterocycles. The van der Waals surface area contributed by atoms with Crippen LogP contribution in [-0.2, 0) is 9.59 Å². The summed E-state index contributed by atoms with van der Waals surface area (Å²) in [6.07, 6.45) is 9.50. The Morgan fingerprint density at radius 3 is 2.62 bits per heavy atom. The zero-order chi connectivity index (χ0) is 17.9. The van der Waals surface area contributed by atoms with E-state index in [9.17, 15) is 9.59 Å². The number of anilines is 2. The quantitative estimate of drug-likeness (QED) is 0.867. The number of rotatable bonds is 4. The average molecular weight is 356 g/mol.